The molecule has 0 atom stereocenters. The van der Waals surface area contributed by atoms with Gasteiger partial charge in [-0.2, -0.15) is 0 Å². The number of hydrogen-bond acceptors (Lipinski definition) is 3. The fraction of sp³-hybridized carbons (Fsp3) is 0.250. The molecule has 2 aliphatic heterocycles. The molecule has 4 nitrogen and oxygen atoms in total. The number of nitrogens with zero attached hydrogens (tertiary/aromatic N) is 1. The maximum Gasteiger partial charge on any atom is 0.259 e. The monoisotopic (exact) mass is 399 g/mol. The SMILES string of the molecule is CC(C)CN1C(=O)/C(=C\c2cc3c(cc2Br)OCO3)c2ccccc21. The summed E-state index contributed by atoms with van der Waals surface area (Å²) in [5, 5.41) is 0. The van der Waals surface area contributed by atoms with Crippen molar-refractivity contribution in [3.05, 3.63) is 52.0 Å². The van der Waals surface area contributed by atoms with E-state index in [0.717, 1.165) is 21.3 Å². The molecule has 2 aliphatic rings. The summed E-state index contributed by atoms with van der Waals surface area (Å²) in [6.45, 7) is 5.17. The molecule has 0 aliphatic carbocycles. The van der Waals surface area contributed by atoms with Gasteiger partial charge in [-0.25, -0.2) is 0 Å². The van der Waals surface area contributed by atoms with Gasteiger partial charge in [0.25, 0.3) is 5.91 Å². The van der Waals surface area contributed by atoms with E-state index in [9.17, 15) is 4.79 Å². The number of ether oxygens (including phenoxy) is 2. The molecule has 2 heterocycles. The van der Waals surface area contributed by atoms with Crippen molar-refractivity contribution in [3.8, 4) is 11.5 Å². The van der Waals surface area contributed by atoms with Crippen LogP contribution in [0.2, 0.25) is 0 Å². The molecule has 2 aromatic rings. The van der Waals surface area contributed by atoms with Crippen LogP contribution in [0.3, 0.4) is 0 Å². The summed E-state index contributed by atoms with van der Waals surface area (Å²) in [6.07, 6.45) is 1.92. The molecule has 0 saturated heterocycles. The molecule has 0 bridgehead atoms. The molecule has 25 heavy (non-hydrogen) atoms. The highest BCUT2D eigenvalue weighted by Crippen LogP contribution is 2.41. The van der Waals surface area contributed by atoms with Crippen LogP contribution >= 0.6 is 15.9 Å². The molecule has 0 fully saturated rings. The van der Waals surface area contributed by atoms with Crippen molar-refractivity contribution in [3.63, 3.8) is 0 Å². The molecular weight excluding hydrogens is 382 g/mol. The number of fused-ring (bicyclic) bond motifs is 2. The van der Waals surface area contributed by atoms with Gasteiger partial charge in [-0.3, -0.25) is 4.79 Å². The van der Waals surface area contributed by atoms with Crippen LogP contribution in [0.5, 0.6) is 11.5 Å². The van der Waals surface area contributed by atoms with Gasteiger partial charge in [0.15, 0.2) is 11.5 Å². The Balaban J connectivity index is 1.80. The van der Waals surface area contributed by atoms with Crippen LogP contribution in [0.25, 0.3) is 11.6 Å². The zero-order chi connectivity index (χ0) is 17.6. The van der Waals surface area contributed by atoms with Crippen LogP contribution in [0.1, 0.15) is 25.0 Å². The van der Waals surface area contributed by atoms with E-state index >= 15 is 0 Å². The van der Waals surface area contributed by atoms with E-state index in [-0.39, 0.29) is 12.7 Å². The second-order valence-electron chi connectivity index (χ2n) is 6.61. The summed E-state index contributed by atoms with van der Waals surface area (Å²) < 4.78 is 11.7. The van der Waals surface area contributed by atoms with Crippen LogP contribution < -0.4 is 14.4 Å². The summed E-state index contributed by atoms with van der Waals surface area (Å²) >= 11 is 3.57. The number of para-hydroxylation sites is 1. The highest BCUT2D eigenvalue weighted by atomic mass is 79.9. The predicted molar refractivity (Wildman–Crippen MR) is 102 cm³/mol. The number of carbonyl (C=O) groups is 1. The standard InChI is InChI=1S/C20H18BrNO3/c1-12(2)10-22-17-6-4-3-5-14(17)15(20(22)23)7-13-8-18-19(9-16(13)21)25-11-24-18/h3-9,12H,10-11H2,1-2H3/b15-7-. The Morgan fingerprint density at radius 2 is 1.92 bits per heavy atom. The van der Waals surface area contributed by atoms with E-state index in [1.54, 1.807) is 0 Å². The third kappa shape index (κ3) is 2.82. The van der Waals surface area contributed by atoms with E-state index < -0.39 is 0 Å². The summed E-state index contributed by atoms with van der Waals surface area (Å²) in [5.41, 5.74) is 3.55. The van der Waals surface area contributed by atoms with Crippen molar-refractivity contribution in [2.24, 2.45) is 5.92 Å². The average molecular weight is 400 g/mol. The zero-order valence-electron chi connectivity index (χ0n) is 14.1. The van der Waals surface area contributed by atoms with E-state index in [1.807, 2.05) is 47.4 Å². The maximum absolute atomic E-state index is 13.0. The van der Waals surface area contributed by atoms with Crippen molar-refractivity contribution < 1.29 is 14.3 Å². The first-order valence-electron chi connectivity index (χ1n) is 8.26. The lowest BCUT2D eigenvalue weighted by Gasteiger charge is -2.19. The molecule has 5 heteroatoms. The minimum atomic E-state index is 0.0412. The van der Waals surface area contributed by atoms with E-state index in [1.165, 1.54) is 0 Å². The Labute approximate surface area is 155 Å². The van der Waals surface area contributed by atoms with Crippen molar-refractivity contribution in [2.45, 2.75) is 13.8 Å². The third-order valence-corrected chi connectivity index (χ3v) is 4.99. The summed E-state index contributed by atoms with van der Waals surface area (Å²) in [5.74, 6) is 1.86. The lowest BCUT2D eigenvalue weighted by molar-refractivity contribution is -0.113. The van der Waals surface area contributed by atoms with Gasteiger partial charge in [-0.05, 0) is 35.8 Å². The molecule has 0 radical (unpaired) electrons. The Bertz CT molecular complexity index is 889. The van der Waals surface area contributed by atoms with Crippen LogP contribution in [-0.4, -0.2) is 19.2 Å². The Hall–Kier alpha value is -2.27. The Morgan fingerprint density at radius 3 is 2.68 bits per heavy atom. The van der Waals surface area contributed by atoms with Gasteiger partial charge in [-0.15, -0.1) is 0 Å². The first-order chi connectivity index (χ1) is 12.0. The maximum atomic E-state index is 13.0. The number of amides is 1. The average Bonchev–Trinajstić information content (AvgIpc) is 3.13. The molecule has 1 amide bonds. The van der Waals surface area contributed by atoms with Crippen LogP contribution in [0.15, 0.2) is 40.9 Å². The van der Waals surface area contributed by atoms with Crippen LogP contribution in [0, 0.1) is 5.92 Å². The largest absolute Gasteiger partial charge is 0.454 e. The Morgan fingerprint density at radius 1 is 1.20 bits per heavy atom. The lowest BCUT2D eigenvalue weighted by atomic mass is 10.0. The van der Waals surface area contributed by atoms with E-state index in [4.69, 9.17) is 9.47 Å². The predicted octanol–water partition coefficient (Wildman–Crippen LogP) is 4.72. The van der Waals surface area contributed by atoms with Gasteiger partial charge < -0.3 is 14.4 Å². The molecule has 2 aromatic carbocycles. The molecule has 4 rings (SSSR count). The first kappa shape index (κ1) is 16.2. The van der Waals surface area contributed by atoms with Gasteiger partial charge in [-0.1, -0.05) is 48.0 Å². The Kier molecular flexibility index (Phi) is 4.04. The summed E-state index contributed by atoms with van der Waals surface area (Å²) in [6, 6.07) is 11.7. The zero-order valence-corrected chi connectivity index (χ0v) is 15.7. The molecule has 0 saturated carbocycles. The first-order valence-corrected chi connectivity index (χ1v) is 9.06. The van der Waals surface area contributed by atoms with Crippen molar-refractivity contribution in [1.29, 1.82) is 0 Å². The second kappa shape index (κ2) is 6.23. The summed E-state index contributed by atoms with van der Waals surface area (Å²) in [4.78, 5) is 14.9. The van der Waals surface area contributed by atoms with Crippen molar-refractivity contribution in [2.75, 3.05) is 18.2 Å². The minimum Gasteiger partial charge on any atom is -0.454 e. The fourth-order valence-corrected chi connectivity index (χ4v) is 3.63. The number of benzene rings is 2. The topological polar surface area (TPSA) is 38.8 Å². The van der Waals surface area contributed by atoms with Gasteiger partial charge in [0.1, 0.15) is 0 Å². The highest BCUT2D eigenvalue weighted by Gasteiger charge is 2.32. The number of hydrogen-bond donors (Lipinski definition) is 0. The molecule has 0 N–H and O–H groups in total. The molecule has 0 aromatic heterocycles. The number of rotatable bonds is 3. The van der Waals surface area contributed by atoms with Crippen molar-refractivity contribution in [1.82, 2.24) is 0 Å². The number of anilines is 1. The number of halogens is 1. The van der Waals surface area contributed by atoms with Gasteiger partial charge in [0, 0.05) is 22.2 Å². The lowest BCUT2D eigenvalue weighted by Crippen LogP contribution is -2.30. The van der Waals surface area contributed by atoms with Gasteiger partial charge >= 0.3 is 0 Å². The molecular formula is C20H18BrNO3. The van der Waals surface area contributed by atoms with Crippen LogP contribution in [0.4, 0.5) is 5.69 Å². The number of carbonyl (C=O) groups excluding carboxylic acids is 1. The third-order valence-electron chi connectivity index (χ3n) is 4.30. The molecule has 0 unspecified atom stereocenters. The smallest absolute Gasteiger partial charge is 0.259 e. The van der Waals surface area contributed by atoms with Gasteiger partial charge in [0.05, 0.1) is 5.69 Å². The molecule has 0 spiro atoms. The molecule has 128 valence electrons. The van der Waals surface area contributed by atoms with E-state index in [2.05, 4.69) is 29.8 Å². The van der Waals surface area contributed by atoms with Gasteiger partial charge in [0.2, 0.25) is 6.79 Å². The van der Waals surface area contributed by atoms with Crippen LogP contribution in [-0.2, 0) is 4.79 Å². The fourth-order valence-electron chi connectivity index (χ4n) is 3.19. The highest BCUT2D eigenvalue weighted by molar-refractivity contribution is 9.10. The summed E-state index contributed by atoms with van der Waals surface area (Å²) in [7, 11) is 0. The normalized spacial score (nSPS) is 16.9. The quantitative estimate of drug-likeness (QED) is 0.700. The van der Waals surface area contributed by atoms with Crippen molar-refractivity contribution >= 4 is 39.2 Å². The minimum absolute atomic E-state index is 0.0412. The second-order valence-corrected chi connectivity index (χ2v) is 7.47. The van der Waals surface area contributed by atoms with E-state index in [0.29, 0.717) is 29.5 Å².